The summed E-state index contributed by atoms with van der Waals surface area (Å²) in [5.41, 5.74) is 1.17. The Morgan fingerprint density at radius 3 is 2.58 bits per heavy atom. The number of halogens is 1. The minimum Gasteiger partial charge on any atom is -0.497 e. The molecule has 0 aliphatic carbocycles. The van der Waals surface area contributed by atoms with Crippen molar-refractivity contribution in [3.63, 3.8) is 0 Å². The number of ether oxygens (including phenoxy) is 1. The predicted octanol–water partition coefficient (Wildman–Crippen LogP) is 3.56. The van der Waals surface area contributed by atoms with Crippen LogP contribution < -0.4 is 10.1 Å². The molecule has 0 fully saturated rings. The van der Waals surface area contributed by atoms with Crippen molar-refractivity contribution in [2.24, 2.45) is 0 Å². The van der Waals surface area contributed by atoms with Gasteiger partial charge in [0.25, 0.3) is 5.91 Å². The molecule has 24 heavy (non-hydrogen) atoms. The van der Waals surface area contributed by atoms with E-state index >= 15 is 0 Å². The summed E-state index contributed by atoms with van der Waals surface area (Å²) in [5, 5.41) is 2.78. The summed E-state index contributed by atoms with van der Waals surface area (Å²) in [4.78, 5) is 26.2. The van der Waals surface area contributed by atoms with Crippen LogP contribution in [0, 0.1) is 0 Å². The molecule has 1 N–H and O–H groups in total. The van der Waals surface area contributed by atoms with Crippen LogP contribution in [0.2, 0.25) is 0 Å². The Bertz CT molecular complexity index is 734. The van der Waals surface area contributed by atoms with Gasteiger partial charge in [0.05, 0.1) is 7.11 Å². The molecule has 0 saturated heterocycles. The van der Waals surface area contributed by atoms with E-state index in [4.69, 9.17) is 4.74 Å². The van der Waals surface area contributed by atoms with Crippen LogP contribution in [0.5, 0.6) is 5.75 Å². The molecular weight excluding hydrogens is 372 g/mol. The van der Waals surface area contributed by atoms with E-state index < -0.39 is 0 Å². The number of hydrogen-bond donors (Lipinski definition) is 1. The van der Waals surface area contributed by atoms with E-state index in [2.05, 4.69) is 21.2 Å². The van der Waals surface area contributed by atoms with Crippen LogP contribution in [0.15, 0.2) is 53.0 Å². The number of carbonyl (C=O) groups excluding carboxylic acids is 2. The zero-order valence-electron chi connectivity index (χ0n) is 13.6. The third-order valence-corrected chi connectivity index (χ3v) is 3.92. The smallest absolute Gasteiger partial charge is 0.254 e. The Balaban J connectivity index is 2.03. The molecule has 0 spiro atoms. The van der Waals surface area contributed by atoms with Crippen molar-refractivity contribution in [1.82, 2.24) is 4.90 Å². The van der Waals surface area contributed by atoms with Gasteiger partial charge in [0, 0.05) is 28.3 Å². The standard InChI is InChI=1S/C18H19BrN2O3/c1-3-21(18(23)13-6-4-7-14(19)10-13)12-17(22)20-15-8-5-9-16(11-15)24-2/h4-11H,3,12H2,1-2H3,(H,20,22). The van der Waals surface area contributed by atoms with Gasteiger partial charge in [-0.2, -0.15) is 0 Å². The molecule has 0 aromatic heterocycles. The number of hydrogen-bond acceptors (Lipinski definition) is 3. The molecule has 0 radical (unpaired) electrons. The van der Waals surface area contributed by atoms with Gasteiger partial charge >= 0.3 is 0 Å². The molecule has 2 aromatic carbocycles. The summed E-state index contributed by atoms with van der Waals surface area (Å²) in [7, 11) is 1.57. The second-order valence-electron chi connectivity index (χ2n) is 5.11. The predicted molar refractivity (Wildman–Crippen MR) is 97.3 cm³/mol. The van der Waals surface area contributed by atoms with E-state index in [1.54, 1.807) is 49.6 Å². The molecule has 6 heteroatoms. The van der Waals surface area contributed by atoms with Gasteiger partial charge in [0.1, 0.15) is 12.3 Å². The second-order valence-corrected chi connectivity index (χ2v) is 6.03. The lowest BCUT2D eigenvalue weighted by Gasteiger charge is -2.20. The van der Waals surface area contributed by atoms with Crippen molar-refractivity contribution in [2.75, 3.05) is 25.5 Å². The van der Waals surface area contributed by atoms with Crippen LogP contribution in [0.3, 0.4) is 0 Å². The summed E-state index contributed by atoms with van der Waals surface area (Å²) in [5.74, 6) is 0.221. The molecule has 2 amide bonds. The number of nitrogens with one attached hydrogen (secondary N) is 1. The van der Waals surface area contributed by atoms with Crippen molar-refractivity contribution >= 4 is 33.4 Å². The largest absolute Gasteiger partial charge is 0.497 e. The zero-order valence-corrected chi connectivity index (χ0v) is 15.2. The normalized spacial score (nSPS) is 10.1. The van der Waals surface area contributed by atoms with Crippen molar-refractivity contribution in [3.05, 3.63) is 58.6 Å². The quantitative estimate of drug-likeness (QED) is 0.819. The van der Waals surface area contributed by atoms with Crippen LogP contribution >= 0.6 is 15.9 Å². The molecule has 2 rings (SSSR count). The molecule has 5 nitrogen and oxygen atoms in total. The van der Waals surface area contributed by atoms with Gasteiger partial charge in [-0.05, 0) is 37.3 Å². The van der Waals surface area contributed by atoms with Crippen molar-refractivity contribution in [2.45, 2.75) is 6.92 Å². The van der Waals surface area contributed by atoms with Crippen LogP contribution in [-0.4, -0.2) is 36.9 Å². The maximum Gasteiger partial charge on any atom is 0.254 e. The van der Waals surface area contributed by atoms with Gasteiger partial charge in [-0.3, -0.25) is 9.59 Å². The first-order chi connectivity index (χ1) is 11.5. The molecule has 0 saturated carbocycles. The Morgan fingerprint density at radius 1 is 1.17 bits per heavy atom. The molecule has 126 valence electrons. The Morgan fingerprint density at radius 2 is 1.92 bits per heavy atom. The van der Waals surface area contributed by atoms with Gasteiger partial charge in [-0.1, -0.05) is 28.1 Å². The van der Waals surface area contributed by atoms with Gasteiger partial charge in [-0.25, -0.2) is 0 Å². The molecular formula is C18H19BrN2O3. The number of rotatable bonds is 6. The molecule has 0 bridgehead atoms. The van der Waals surface area contributed by atoms with E-state index in [0.717, 1.165) is 4.47 Å². The molecule has 2 aromatic rings. The SMILES string of the molecule is CCN(CC(=O)Nc1cccc(OC)c1)C(=O)c1cccc(Br)c1. The van der Waals surface area contributed by atoms with E-state index in [1.165, 1.54) is 4.90 Å². The summed E-state index contributed by atoms with van der Waals surface area (Å²) in [6.45, 7) is 2.27. The Kier molecular flexibility index (Phi) is 6.37. The summed E-state index contributed by atoms with van der Waals surface area (Å²) >= 11 is 3.35. The van der Waals surface area contributed by atoms with Gasteiger partial charge < -0.3 is 15.0 Å². The highest BCUT2D eigenvalue weighted by Gasteiger charge is 2.17. The molecule has 0 heterocycles. The molecule has 0 unspecified atom stereocenters. The van der Waals surface area contributed by atoms with E-state index in [-0.39, 0.29) is 18.4 Å². The number of nitrogens with zero attached hydrogens (tertiary/aromatic N) is 1. The van der Waals surface area contributed by atoms with Crippen molar-refractivity contribution in [1.29, 1.82) is 0 Å². The van der Waals surface area contributed by atoms with Crippen LogP contribution in [0.25, 0.3) is 0 Å². The Hall–Kier alpha value is -2.34. The lowest BCUT2D eigenvalue weighted by Crippen LogP contribution is -2.37. The fraction of sp³-hybridized carbons (Fsp3) is 0.222. The fourth-order valence-electron chi connectivity index (χ4n) is 2.21. The fourth-order valence-corrected chi connectivity index (χ4v) is 2.61. The number of amides is 2. The minimum atomic E-state index is -0.256. The van der Waals surface area contributed by atoms with Crippen molar-refractivity contribution in [3.8, 4) is 5.75 Å². The molecule has 0 atom stereocenters. The molecule has 0 aliphatic rings. The number of anilines is 1. The third kappa shape index (κ3) is 4.83. The number of carbonyl (C=O) groups is 2. The maximum absolute atomic E-state index is 12.5. The second kappa shape index (κ2) is 8.49. The highest BCUT2D eigenvalue weighted by Crippen LogP contribution is 2.17. The van der Waals surface area contributed by atoms with Gasteiger partial charge in [-0.15, -0.1) is 0 Å². The highest BCUT2D eigenvalue weighted by atomic mass is 79.9. The lowest BCUT2D eigenvalue weighted by molar-refractivity contribution is -0.116. The van der Waals surface area contributed by atoms with Crippen LogP contribution in [0.4, 0.5) is 5.69 Å². The summed E-state index contributed by atoms with van der Waals surface area (Å²) in [6.07, 6.45) is 0. The van der Waals surface area contributed by atoms with Crippen molar-refractivity contribution < 1.29 is 14.3 Å². The first-order valence-corrected chi connectivity index (χ1v) is 8.31. The van der Waals surface area contributed by atoms with Gasteiger partial charge in [0.15, 0.2) is 0 Å². The van der Waals surface area contributed by atoms with Gasteiger partial charge in [0.2, 0.25) is 5.91 Å². The average Bonchev–Trinajstić information content (AvgIpc) is 2.59. The van der Waals surface area contributed by atoms with E-state index in [0.29, 0.717) is 23.5 Å². The number of likely N-dealkylation sites (N-methyl/N-ethyl adjacent to an activating group) is 1. The third-order valence-electron chi connectivity index (χ3n) is 3.43. The Labute approximate surface area is 149 Å². The first kappa shape index (κ1) is 18.0. The number of benzene rings is 2. The summed E-state index contributed by atoms with van der Waals surface area (Å²) < 4.78 is 5.95. The topological polar surface area (TPSA) is 58.6 Å². The number of methoxy groups -OCH3 is 1. The highest BCUT2D eigenvalue weighted by molar-refractivity contribution is 9.10. The minimum absolute atomic E-state index is 0.0148. The maximum atomic E-state index is 12.5. The van der Waals surface area contributed by atoms with E-state index in [1.807, 2.05) is 13.0 Å². The molecule has 0 aliphatic heterocycles. The van der Waals surface area contributed by atoms with Crippen LogP contribution in [0.1, 0.15) is 17.3 Å². The first-order valence-electron chi connectivity index (χ1n) is 7.52. The lowest BCUT2D eigenvalue weighted by atomic mass is 10.2. The van der Waals surface area contributed by atoms with E-state index in [9.17, 15) is 9.59 Å². The zero-order chi connectivity index (χ0) is 17.5. The monoisotopic (exact) mass is 390 g/mol. The summed E-state index contributed by atoms with van der Waals surface area (Å²) in [6, 6.07) is 14.2. The average molecular weight is 391 g/mol. The van der Waals surface area contributed by atoms with Crippen LogP contribution in [-0.2, 0) is 4.79 Å².